The van der Waals surface area contributed by atoms with Gasteiger partial charge in [-0.05, 0) is 57.4 Å². The maximum atomic E-state index is 5.19. The van der Waals surface area contributed by atoms with Crippen molar-refractivity contribution in [1.29, 1.82) is 0 Å². The lowest BCUT2D eigenvalue weighted by molar-refractivity contribution is 0.414. The third kappa shape index (κ3) is 3.14. The van der Waals surface area contributed by atoms with E-state index in [0.717, 1.165) is 18.7 Å². The van der Waals surface area contributed by atoms with Crippen LogP contribution in [0.25, 0.3) is 0 Å². The Balaban J connectivity index is 2.09. The van der Waals surface area contributed by atoms with E-state index in [-0.39, 0.29) is 0 Å². The molecule has 2 nitrogen and oxygen atoms in total. The Morgan fingerprint density at radius 1 is 1.28 bits per heavy atom. The molecule has 1 unspecified atom stereocenters. The maximum absolute atomic E-state index is 5.19. The van der Waals surface area contributed by atoms with Crippen LogP contribution in [0.2, 0.25) is 0 Å². The molecule has 0 spiro atoms. The van der Waals surface area contributed by atoms with Crippen molar-refractivity contribution >= 4 is 0 Å². The average molecular weight is 245 g/mol. The molecule has 1 N–H and O–H groups in total. The average Bonchev–Trinajstić information content (AvgIpc) is 2.40. The van der Waals surface area contributed by atoms with Crippen molar-refractivity contribution in [3.8, 4) is 5.75 Å². The van der Waals surface area contributed by atoms with E-state index in [4.69, 9.17) is 4.74 Å². The highest BCUT2D eigenvalue weighted by Crippen LogP contribution is 2.23. The minimum absolute atomic E-state index is 0.511. The molecule has 1 fully saturated rings. The molecule has 2 rings (SSSR count). The summed E-state index contributed by atoms with van der Waals surface area (Å²) in [6, 6.07) is 8.92. The van der Waals surface area contributed by atoms with Crippen LogP contribution in [-0.4, -0.2) is 19.7 Å². The first-order valence-corrected chi connectivity index (χ1v) is 6.73. The molecule has 2 heteroatoms. The van der Waals surface area contributed by atoms with Crippen LogP contribution in [-0.2, 0) is 6.42 Å². The first-order chi connectivity index (χ1) is 8.70. The van der Waals surface area contributed by atoms with Crippen LogP contribution in [0.15, 0.2) is 35.4 Å². The number of piperidine rings is 1. The van der Waals surface area contributed by atoms with Crippen LogP contribution in [0.5, 0.6) is 5.75 Å². The second-order valence-electron chi connectivity index (χ2n) is 5.19. The molecular formula is C16H23NO. The van der Waals surface area contributed by atoms with Gasteiger partial charge in [-0.15, -0.1) is 0 Å². The summed E-state index contributed by atoms with van der Waals surface area (Å²) in [4.78, 5) is 0. The number of rotatable bonds is 3. The van der Waals surface area contributed by atoms with Crippen LogP contribution in [0.4, 0.5) is 0 Å². The standard InChI is InChI=1S/C16H23NO/c1-12(2)15-5-4-10-17-16(15)11-13-6-8-14(18-3)9-7-13/h6-9,16-17H,4-5,10-11H2,1-3H3. The molecule has 98 valence electrons. The van der Waals surface area contributed by atoms with E-state index in [1.165, 1.54) is 24.0 Å². The van der Waals surface area contributed by atoms with Gasteiger partial charge in [0.25, 0.3) is 0 Å². The molecule has 1 heterocycles. The summed E-state index contributed by atoms with van der Waals surface area (Å²) in [5.74, 6) is 0.929. The van der Waals surface area contributed by atoms with Crippen molar-refractivity contribution in [3.63, 3.8) is 0 Å². The highest BCUT2D eigenvalue weighted by molar-refractivity contribution is 5.30. The van der Waals surface area contributed by atoms with Crippen LogP contribution in [0.3, 0.4) is 0 Å². The Hall–Kier alpha value is -1.28. The number of benzene rings is 1. The van der Waals surface area contributed by atoms with Crippen molar-refractivity contribution in [2.24, 2.45) is 0 Å². The summed E-state index contributed by atoms with van der Waals surface area (Å²) in [5, 5.41) is 3.64. The van der Waals surface area contributed by atoms with Gasteiger partial charge in [0.05, 0.1) is 7.11 Å². The van der Waals surface area contributed by atoms with E-state index in [1.54, 1.807) is 12.7 Å². The van der Waals surface area contributed by atoms with Gasteiger partial charge >= 0.3 is 0 Å². The Bertz CT molecular complexity index is 415. The SMILES string of the molecule is COc1ccc(CC2NCCCC2=C(C)C)cc1. The van der Waals surface area contributed by atoms with Gasteiger partial charge in [0, 0.05) is 6.04 Å². The predicted molar refractivity (Wildman–Crippen MR) is 76.1 cm³/mol. The molecular weight excluding hydrogens is 222 g/mol. The van der Waals surface area contributed by atoms with Gasteiger partial charge in [-0.25, -0.2) is 0 Å². The minimum atomic E-state index is 0.511. The topological polar surface area (TPSA) is 21.3 Å². The Morgan fingerprint density at radius 3 is 2.61 bits per heavy atom. The van der Waals surface area contributed by atoms with Gasteiger partial charge in [0.1, 0.15) is 5.75 Å². The highest BCUT2D eigenvalue weighted by Gasteiger charge is 2.19. The zero-order valence-electron chi connectivity index (χ0n) is 11.6. The molecule has 0 aliphatic carbocycles. The van der Waals surface area contributed by atoms with Crippen molar-refractivity contribution in [1.82, 2.24) is 5.32 Å². The van der Waals surface area contributed by atoms with Crippen molar-refractivity contribution in [2.75, 3.05) is 13.7 Å². The van der Waals surface area contributed by atoms with Crippen molar-refractivity contribution < 1.29 is 4.74 Å². The third-order valence-corrected chi connectivity index (χ3v) is 3.68. The summed E-state index contributed by atoms with van der Waals surface area (Å²) >= 11 is 0. The summed E-state index contributed by atoms with van der Waals surface area (Å²) in [6.07, 6.45) is 3.58. The third-order valence-electron chi connectivity index (χ3n) is 3.68. The molecule has 0 aromatic heterocycles. The quantitative estimate of drug-likeness (QED) is 0.825. The monoisotopic (exact) mass is 245 g/mol. The van der Waals surface area contributed by atoms with E-state index >= 15 is 0 Å². The molecule has 1 aromatic rings. The summed E-state index contributed by atoms with van der Waals surface area (Å²) in [6.45, 7) is 5.59. The molecule has 0 radical (unpaired) electrons. The number of ether oxygens (including phenoxy) is 1. The van der Waals surface area contributed by atoms with Crippen LogP contribution in [0.1, 0.15) is 32.3 Å². The Morgan fingerprint density at radius 2 is 2.00 bits per heavy atom. The number of methoxy groups -OCH3 is 1. The molecule has 0 bridgehead atoms. The molecule has 0 amide bonds. The Kier molecular flexibility index (Phi) is 4.43. The van der Waals surface area contributed by atoms with Crippen LogP contribution >= 0.6 is 0 Å². The van der Waals surface area contributed by atoms with E-state index in [9.17, 15) is 0 Å². The fraction of sp³-hybridized carbons (Fsp3) is 0.500. The summed E-state index contributed by atoms with van der Waals surface area (Å²) in [5.41, 5.74) is 4.44. The fourth-order valence-corrected chi connectivity index (χ4v) is 2.64. The molecule has 18 heavy (non-hydrogen) atoms. The second-order valence-corrected chi connectivity index (χ2v) is 5.19. The van der Waals surface area contributed by atoms with E-state index in [0.29, 0.717) is 6.04 Å². The van der Waals surface area contributed by atoms with Gasteiger partial charge < -0.3 is 10.1 Å². The number of hydrogen-bond acceptors (Lipinski definition) is 2. The normalized spacial score (nSPS) is 19.7. The maximum Gasteiger partial charge on any atom is 0.118 e. The zero-order valence-corrected chi connectivity index (χ0v) is 11.6. The van der Waals surface area contributed by atoms with E-state index in [2.05, 4.69) is 31.3 Å². The summed E-state index contributed by atoms with van der Waals surface area (Å²) < 4.78 is 5.19. The number of nitrogens with one attached hydrogen (secondary N) is 1. The van der Waals surface area contributed by atoms with Gasteiger partial charge in [0.2, 0.25) is 0 Å². The van der Waals surface area contributed by atoms with Crippen LogP contribution in [0, 0.1) is 0 Å². The smallest absolute Gasteiger partial charge is 0.118 e. The molecule has 1 aromatic carbocycles. The zero-order chi connectivity index (χ0) is 13.0. The van der Waals surface area contributed by atoms with Gasteiger partial charge in [-0.3, -0.25) is 0 Å². The van der Waals surface area contributed by atoms with Gasteiger partial charge in [-0.1, -0.05) is 23.3 Å². The predicted octanol–water partition coefficient (Wildman–Crippen LogP) is 3.33. The highest BCUT2D eigenvalue weighted by atomic mass is 16.5. The first kappa shape index (κ1) is 13.2. The number of allylic oxidation sites excluding steroid dienone is 1. The lowest BCUT2D eigenvalue weighted by Gasteiger charge is -2.28. The molecule has 1 aliphatic rings. The van der Waals surface area contributed by atoms with E-state index in [1.807, 2.05) is 12.1 Å². The second kappa shape index (κ2) is 6.05. The first-order valence-electron chi connectivity index (χ1n) is 6.73. The van der Waals surface area contributed by atoms with Gasteiger partial charge in [0.15, 0.2) is 0 Å². The molecule has 1 aliphatic heterocycles. The van der Waals surface area contributed by atoms with Crippen molar-refractivity contribution in [2.45, 2.75) is 39.2 Å². The molecule has 1 atom stereocenters. The molecule has 0 saturated carbocycles. The van der Waals surface area contributed by atoms with Crippen molar-refractivity contribution in [3.05, 3.63) is 41.0 Å². The largest absolute Gasteiger partial charge is 0.497 e. The fourth-order valence-electron chi connectivity index (χ4n) is 2.64. The minimum Gasteiger partial charge on any atom is -0.497 e. The molecule has 1 saturated heterocycles. The van der Waals surface area contributed by atoms with E-state index < -0.39 is 0 Å². The number of hydrogen-bond donors (Lipinski definition) is 1. The lowest BCUT2D eigenvalue weighted by atomic mass is 9.89. The van der Waals surface area contributed by atoms with Crippen LogP contribution < -0.4 is 10.1 Å². The Labute approximate surface area is 110 Å². The lowest BCUT2D eigenvalue weighted by Crippen LogP contribution is -2.38. The van der Waals surface area contributed by atoms with Gasteiger partial charge in [-0.2, -0.15) is 0 Å². The summed E-state index contributed by atoms with van der Waals surface area (Å²) in [7, 11) is 1.71.